The van der Waals surface area contributed by atoms with Gasteiger partial charge in [0, 0.05) is 17.2 Å². The van der Waals surface area contributed by atoms with Crippen molar-refractivity contribution in [3.05, 3.63) is 131 Å². The summed E-state index contributed by atoms with van der Waals surface area (Å²) in [6.45, 7) is -0.537. The maximum absolute atomic E-state index is 13.0. The first kappa shape index (κ1) is 32.6. The summed E-state index contributed by atoms with van der Waals surface area (Å²) in [7, 11) is 0. The molecule has 232 valence electrons. The fourth-order valence-electron chi connectivity index (χ4n) is 4.80. The Labute approximate surface area is 262 Å². The van der Waals surface area contributed by atoms with Crippen molar-refractivity contribution >= 4 is 24.4 Å². The standard InChI is InChI=1S/C36H36N2O7/c39-22-28-11-15-31(16-12-28)44-24-35(42)37-30(19-26-7-3-1-4-8-26)21-34(41)33(20-27-9-5-2-6-10-27)38-36(43)25-45-32-17-13-29(23-40)14-18-32/h1-18,22-23,30,33-34,41H,19-21,24-25H2,(H,37,42)(H,38,43)/t30-,33-,34-/m0/s1. The zero-order valence-corrected chi connectivity index (χ0v) is 24.7. The number of aldehydes is 2. The minimum absolute atomic E-state index is 0.153. The molecule has 0 aliphatic carbocycles. The third-order valence-corrected chi connectivity index (χ3v) is 7.10. The zero-order valence-electron chi connectivity index (χ0n) is 24.7. The Hall–Kier alpha value is -5.28. The lowest BCUT2D eigenvalue weighted by Crippen LogP contribution is -2.50. The number of ether oxygens (including phenoxy) is 2. The highest BCUT2D eigenvalue weighted by Gasteiger charge is 2.26. The zero-order chi connectivity index (χ0) is 31.9. The molecule has 4 aromatic carbocycles. The van der Waals surface area contributed by atoms with Crippen LogP contribution >= 0.6 is 0 Å². The van der Waals surface area contributed by atoms with Crippen molar-refractivity contribution in [2.75, 3.05) is 13.2 Å². The largest absolute Gasteiger partial charge is 0.484 e. The molecule has 0 aliphatic heterocycles. The van der Waals surface area contributed by atoms with Crippen LogP contribution in [0.1, 0.15) is 38.3 Å². The summed E-state index contributed by atoms with van der Waals surface area (Å²) < 4.78 is 11.2. The minimum atomic E-state index is -1.02. The number of benzene rings is 4. The summed E-state index contributed by atoms with van der Waals surface area (Å²) in [5.41, 5.74) is 2.89. The van der Waals surface area contributed by atoms with E-state index < -0.39 is 24.1 Å². The topological polar surface area (TPSA) is 131 Å². The molecule has 0 heterocycles. The van der Waals surface area contributed by atoms with Crippen LogP contribution < -0.4 is 20.1 Å². The van der Waals surface area contributed by atoms with Gasteiger partial charge in [-0.2, -0.15) is 0 Å². The highest BCUT2D eigenvalue weighted by molar-refractivity contribution is 5.79. The van der Waals surface area contributed by atoms with Gasteiger partial charge in [0.15, 0.2) is 13.2 Å². The number of amides is 2. The van der Waals surface area contributed by atoms with Crippen molar-refractivity contribution in [3.8, 4) is 11.5 Å². The van der Waals surface area contributed by atoms with E-state index >= 15 is 0 Å². The first-order valence-electron chi connectivity index (χ1n) is 14.6. The quantitative estimate of drug-likeness (QED) is 0.155. The van der Waals surface area contributed by atoms with E-state index in [9.17, 15) is 24.3 Å². The van der Waals surface area contributed by atoms with Gasteiger partial charge in [0.1, 0.15) is 24.1 Å². The normalized spacial score (nSPS) is 12.6. The van der Waals surface area contributed by atoms with Crippen LogP contribution in [-0.2, 0) is 22.4 Å². The first-order valence-corrected chi connectivity index (χ1v) is 14.6. The van der Waals surface area contributed by atoms with E-state index in [1.807, 2.05) is 60.7 Å². The molecule has 0 bridgehead atoms. The van der Waals surface area contributed by atoms with E-state index in [1.54, 1.807) is 48.5 Å². The third-order valence-electron chi connectivity index (χ3n) is 7.10. The van der Waals surface area contributed by atoms with Crippen LogP contribution in [0.2, 0.25) is 0 Å². The number of aliphatic hydroxyl groups excluding tert-OH is 1. The van der Waals surface area contributed by atoms with E-state index in [-0.39, 0.29) is 25.5 Å². The molecule has 4 aromatic rings. The number of hydrogen-bond donors (Lipinski definition) is 3. The lowest BCUT2D eigenvalue weighted by molar-refractivity contribution is -0.126. The van der Waals surface area contributed by atoms with Gasteiger partial charge in [0.25, 0.3) is 11.8 Å². The number of carbonyl (C=O) groups is 4. The average molecular weight is 609 g/mol. The number of aliphatic hydroxyl groups is 1. The van der Waals surface area contributed by atoms with Gasteiger partial charge < -0.3 is 25.2 Å². The molecule has 9 heteroatoms. The number of rotatable bonds is 17. The van der Waals surface area contributed by atoms with Gasteiger partial charge in [-0.1, -0.05) is 60.7 Å². The molecular weight excluding hydrogens is 572 g/mol. The number of hydrogen-bond acceptors (Lipinski definition) is 7. The Morgan fingerprint density at radius 1 is 0.622 bits per heavy atom. The lowest BCUT2D eigenvalue weighted by atomic mass is 9.93. The van der Waals surface area contributed by atoms with Gasteiger partial charge in [-0.3, -0.25) is 19.2 Å². The van der Waals surface area contributed by atoms with E-state index in [1.165, 1.54) is 0 Å². The third kappa shape index (κ3) is 11.1. The Morgan fingerprint density at radius 2 is 1.07 bits per heavy atom. The second-order valence-electron chi connectivity index (χ2n) is 10.6. The van der Waals surface area contributed by atoms with E-state index in [4.69, 9.17) is 9.47 Å². The molecule has 2 amide bonds. The van der Waals surface area contributed by atoms with Crippen LogP contribution in [0.5, 0.6) is 11.5 Å². The lowest BCUT2D eigenvalue weighted by Gasteiger charge is -2.28. The smallest absolute Gasteiger partial charge is 0.258 e. The molecule has 0 radical (unpaired) electrons. The molecule has 0 aliphatic rings. The van der Waals surface area contributed by atoms with Gasteiger partial charge in [0.2, 0.25) is 0 Å². The molecule has 9 nitrogen and oxygen atoms in total. The molecular formula is C36H36N2O7. The van der Waals surface area contributed by atoms with E-state index in [0.717, 1.165) is 23.7 Å². The van der Waals surface area contributed by atoms with Crippen molar-refractivity contribution in [1.82, 2.24) is 10.6 Å². The van der Waals surface area contributed by atoms with Crippen molar-refractivity contribution in [1.29, 1.82) is 0 Å². The molecule has 45 heavy (non-hydrogen) atoms. The summed E-state index contributed by atoms with van der Waals surface area (Å²) in [5, 5.41) is 17.4. The van der Waals surface area contributed by atoms with Crippen LogP contribution in [0.15, 0.2) is 109 Å². The highest BCUT2D eigenvalue weighted by Crippen LogP contribution is 2.16. The molecule has 0 saturated heterocycles. The van der Waals surface area contributed by atoms with Crippen LogP contribution in [0.25, 0.3) is 0 Å². The fraction of sp³-hybridized carbons (Fsp3) is 0.222. The van der Waals surface area contributed by atoms with Gasteiger partial charge >= 0.3 is 0 Å². The molecule has 0 unspecified atom stereocenters. The van der Waals surface area contributed by atoms with Crippen LogP contribution in [0.3, 0.4) is 0 Å². The van der Waals surface area contributed by atoms with Gasteiger partial charge in [0.05, 0.1) is 12.1 Å². The average Bonchev–Trinajstić information content (AvgIpc) is 3.07. The number of carbonyl (C=O) groups excluding carboxylic acids is 4. The predicted molar refractivity (Wildman–Crippen MR) is 169 cm³/mol. The van der Waals surface area contributed by atoms with E-state index in [0.29, 0.717) is 35.5 Å². The molecule has 0 saturated carbocycles. The second-order valence-corrected chi connectivity index (χ2v) is 10.6. The summed E-state index contributed by atoms with van der Waals surface area (Å²) in [5.74, 6) is 0.0821. The molecule has 0 aromatic heterocycles. The Balaban J connectivity index is 1.42. The molecule has 3 atom stereocenters. The van der Waals surface area contributed by atoms with Crippen molar-refractivity contribution < 1.29 is 33.8 Å². The van der Waals surface area contributed by atoms with Crippen LogP contribution in [0.4, 0.5) is 0 Å². The van der Waals surface area contributed by atoms with Crippen molar-refractivity contribution in [2.24, 2.45) is 0 Å². The molecule has 3 N–H and O–H groups in total. The molecule has 0 spiro atoms. The Bertz CT molecular complexity index is 1510. The van der Waals surface area contributed by atoms with E-state index in [2.05, 4.69) is 10.6 Å². The predicted octanol–water partition coefficient (Wildman–Crippen LogP) is 3.98. The Kier molecular flexibility index (Phi) is 12.4. The monoisotopic (exact) mass is 608 g/mol. The van der Waals surface area contributed by atoms with Gasteiger partial charge in [-0.25, -0.2) is 0 Å². The summed E-state index contributed by atoms with van der Waals surface area (Å²) in [6, 6.07) is 30.8. The second kappa shape index (κ2) is 17.1. The van der Waals surface area contributed by atoms with Gasteiger partial charge in [-0.15, -0.1) is 0 Å². The van der Waals surface area contributed by atoms with Crippen molar-refractivity contribution in [2.45, 2.75) is 37.5 Å². The summed E-state index contributed by atoms with van der Waals surface area (Å²) in [6.07, 6.45) is 1.39. The van der Waals surface area contributed by atoms with Crippen molar-refractivity contribution in [3.63, 3.8) is 0 Å². The minimum Gasteiger partial charge on any atom is -0.484 e. The maximum atomic E-state index is 13.0. The summed E-state index contributed by atoms with van der Waals surface area (Å²) >= 11 is 0. The number of nitrogens with one attached hydrogen (secondary N) is 2. The highest BCUT2D eigenvalue weighted by atomic mass is 16.5. The maximum Gasteiger partial charge on any atom is 0.258 e. The molecule has 0 fully saturated rings. The first-order chi connectivity index (χ1) is 21.9. The fourth-order valence-corrected chi connectivity index (χ4v) is 4.80. The van der Waals surface area contributed by atoms with Gasteiger partial charge in [-0.05, 0) is 78.9 Å². The van der Waals surface area contributed by atoms with Crippen LogP contribution in [0, 0.1) is 0 Å². The Morgan fingerprint density at radius 3 is 1.53 bits per heavy atom. The summed E-state index contributed by atoms with van der Waals surface area (Å²) in [4.78, 5) is 47.7. The molecule has 4 rings (SSSR count). The van der Waals surface area contributed by atoms with Crippen LogP contribution in [-0.4, -0.2) is 60.9 Å². The SMILES string of the molecule is O=Cc1ccc(OCC(=O)N[C@@H](Cc2ccccc2)C[C@H](O)[C@H](Cc2ccccc2)NC(=O)COc2ccc(C=O)cc2)cc1.